The standard InChI is InChI=1S/C27H31N5O7/c1-35-17-6-4-5-15(7-17)20(16-8-18(36-2)10-19(9-16)37-3)11-38-12-21-23(33)24(34)27(39-21)32-14-31-22-25(28)29-13-30-26(22)32/h4-10,13-14,20-21,23-24,27,33-34H,11-12H2,1-3H3,(H2,28,29,30)/t20?,21-,23-,24-,27-/m1/s1. The Morgan fingerprint density at radius 3 is 2.36 bits per heavy atom. The number of hydrogen-bond donors (Lipinski definition) is 3. The second kappa shape index (κ2) is 11.4. The van der Waals surface area contributed by atoms with E-state index in [0.717, 1.165) is 11.1 Å². The molecule has 0 spiro atoms. The first kappa shape index (κ1) is 26.6. The number of nitrogens with zero attached hydrogens (tertiary/aromatic N) is 4. The van der Waals surface area contributed by atoms with Crippen LogP contribution >= 0.6 is 0 Å². The Morgan fingerprint density at radius 1 is 0.923 bits per heavy atom. The third-order valence-electron chi connectivity index (χ3n) is 6.84. The van der Waals surface area contributed by atoms with Gasteiger partial charge in [-0.25, -0.2) is 15.0 Å². The number of aromatic nitrogens is 4. The van der Waals surface area contributed by atoms with Crippen LogP contribution in [0.5, 0.6) is 17.2 Å². The van der Waals surface area contributed by atoms with Crippen molar-refractivity contribution >= 4 is 17.0 Å². The smallest absolute Gasteiger partial charge is 0.167 e. The molecule has 1 aliphatic heterocycles. The first-order chi connectivity index (χ1) is 18.9. The van der Waals surface area contributed by atoms with Gasteiger partial charge >= 0.3 is 0 Å². The number of methoxy groups -OCH3 is 3. The van der Waals surface area contributed by atoms with Crippen LogP contribution in [0, 0.1) is 0 Å². The van der Waals surface area contributed by atoms with Crippen molar-refractivity contribution < 1.29 is 33.9 Å². The van der Waals surface area contributed by atoms with Gasteiger partial charge in [0.2, 0.25) is 0 Å². The van der Waals surface area contributed by atoms with E-state index in [2.05, 4.69) is 15.0 Å². The quantitative estimate of drug-likeness (QED) is 0.271. The number of aliphatic hydroxyl groups excluding tert-OH is 2. The lowest BCUT2D eigenvalue weighted by molar-refractivity contribution is -0.0661. The highest BCUT2D eigenvalue weighted by Crippen LogP contribution is 2.35. The Bertz CT molecular complexity index is 1410. The van der Waals surface area contributed by atoms with Crippen LogP contribution in [-0.4, -0.2) is 82.6 Å². The van der Waals surface area contributed by atoms with Crippen molar-refractivity contribution in [3.63, 3.8) is 0 Å². The minimum absolute atomic E-state index is 0.0278. The number of fused-ring (bicyclic) bond motifs is 1. The van der Waals surface area contributed by atoms with E-state index in [1.165, 1.54) is 17.2 Å². The molecule has 1 unspecified atom stereocenters. The third-order valence-corrected chi connectivity index (χ3v) is 6.84. The van der Waals surface area contributed by atoms with Crippen molar-refractivity contribution in [2.45, 2.75) is 30.5 Å². The summed E-state index contributed by atoms with van der Waals surface area (Å²) in [5, 5.41) is 21.5. The summed E-state index contributed by atoms with van der Waals surface area (Å²) < 4.78 is 30.0. The zero-order chi connectivity index (χ0) is 27.5. The van der Waals surface area contributed by atoms with Crippen molar-refractivity contribution in [2.75, 3.05) is 40.3 Å². The van der Waals surface area contributed by atoms with Crippen LogP contribution in [0.25, 0.3) is 11.2 Å². The topological polar surface area (TPSA) is 156 Å². The summed E-state index contributed by atoms with van der Waals surface area (Å²) in [6.07, 6.45) is -1.39. The Labute approximate surface area is 224 Å². The lowest BCUT2D eigenvalue weighted by Crippen LogP contribution is -2.34. The molecule has 206 valence electrons. The Hall–Kier alpha value is -3.97. The molecule has 12 heteroatoms. The molecule has 0 aliphatic carbocycles. The average molecular weight is 538 g/mol. The van der Waals surface area contributed by atoms with E-state index in [4.69, 9.17) is 29.4 Å². The number of hydrogen-bond acceptors (Lipinski definition) is 11. The van der Waals surface area contributed by atoms with E-state index >= 15 is 0 Å². The molecule has 4 N–H and O–H groups in total. The minimum Gasteiger partial charge on any atom is -0.497 e. The molecule has 0 amide bonds. The van der Waals surface area contributed by atoms with Gasteiger partial charge in [-0.1, -0.05) is 12.1 Å². The number of imidazole rings is 1. The molecule has 5 rings (SSSR count). The molecule has 3 heterocycles. The molecule has 0 bridgehead atoms. The van der Waals surface area contributed by atoms with Gasteiger partial charge in [0.25, 0.3) is 0 Å². The number of nitrogen functional groups attached to an aromatic ring is 1. The summed E-state index contributed by atoms with van der Waals surface area (Å²) in [5.74, 6) is 2.00. The maximum Gasteiger partial charge on any atom is 0.167 e. The number of benzene rings is 2. The van der Waals surface area contributed by atoms with Crippen LogP contribution in [0.2, 0.25) is 0 Å². The predicted octanol–water partition coefficient (Wildman–Crippen LogP) is 1.90. The maximum absolute atomic E-state index is 10.8. The van der Waals surface area contributed by atoms with Crippen LogP contribution in [0.15, 0.2) is 55.1 Å². The van der Waals surface area contributed by atoms with E-state index in [0.29, 0.717) is 28.4 Å². The maximum atomic E-state index is 10.8. The monoisotopic (exact) mass is 537 g/mol. The molecule has 39 heavy (non-hydrogen) atoms. The number of rotatable bonds is 10. The zero-order valence-corrected chi connectivity index (χ0v) is 21.8. The Kier molecular flexibility index (Phi) is 7.79. The first-order valence-electron chi connectivity index (χ1n) is 12.3. The van der Waals surface area contributed by atoms with Gasteiger partial charge in [0, 0.05) is 12.0 Å². The molecule has 1 aliphatic rings. The van der Waals surface area contributed by atoms with Gasteiger partial charge in [0.15, 0.2) is 17.7 Å². The molecule has 1 saturated heterocycles. The number of anilines is 1. The molecule has 0 radical (unpaired) electrons. The van der Waals surface area contributed by atoms with Crippen LogP contribution in [0.3, 0.4) is 0 Å². The highest BCUT2D eigenvalue weighted by molar-refractivity contribution is 5.81. The second-order valence-corrected chi connectivity index (χ2v) is 9.14. The van der Waals surface area contributed by atoms with E-state index in [1.54, 1.807) is 27.4 Å². The predicted molar refractivity (Wildman–Crippen MR) is 141 cm³/mol. The molecule has 4 aromatic rings. The zero-order valence-electron chi connectivity index (χ0n) is 21.8. The van der Waals surface area contributed by atoms with Crippen molar-refractivity contribution in [1.82, 2.24) is 19.5 Å². The largest absolute Gasteiger partial charge is 0.497 e. The molecular formula is C27H31N5O7. The highest BCUT2D eigenvalue weighted by atomic mass is 16.6. The summed E-state index contributed by atoms with van der Waals surface area (Å²) in [6.45, 7) is 0.272. The second-order valence-electron chi connectivity index (χ2n) is 9.14. The minimum atomic E-state index is -1.23. The van der Waals surface area contributed by atoms with Gasteiger partial charge in [0.05, 0.1) is 40.9 Å². The van der Waals surface area contributed by atoms with Crippen molar-refractivity contribution in [3.8, 4) is 17.2 Å². The van der Waals surface area contributed by atoms with Gasteiger partial charge in [-0.05, 0) is 35.4 Å². The van der Waals surface area contributed by atoms with Crippen LogP contribution in [0.4, 0.5) is 5.82 Å². The van der Waals surface area contributed by atoms with Crippen molar-refractivity contribution in [3.05, 3.63) is 66.2 Å². The van der Waals surface area contributed by atoms with Crippen LogP contribution in [-0.2, 0) is 9.47 Å². The van der Waals surface area contributed by atoms with E-state index in [1.807, 2.05) is 36.4 Å². The molecule has 1 fully saturated rings. The summed E-state index contributed by atoms with van der Waals surface area (Å²) in [5.41, 5.74) is 8.52. The molecule has 5 atom stereocenters. The number of ether oxygens (including phenoxy) is 5. The van der Waals surface area contributed by atoms with Gasteiger partial charge in [-0.15, -0.1) is 0 Å². The lowest BCUT2D eigenvalue weighted by Gasteiger charge is -2.22. The van der Waals surface area contributed by atoms with E-state index in [-0.39, 0.29) is 24.9 Å². The van der Waals surface area contributed by atoms with E-state index in [9.17, 15) is 10.2 Å². The number of aliphatic hydroxyl groups is 2. The Balaban J connectivity index is 1.35. The summed E-state index contributed by atoms with van der Waals surface area (Å²) >= 11 is 0. The van der Waals surface area contributed by atoms with Crippen molar-refractivity contribution in [2.24, 2.45) is 0 Å². The fourth-order valence-corrected chi connectivity index (χ4v) is 4.73. The van der Waals surface area contributed by atoms with E-state index < -0.39 is 24.5 Å². The fourth-order valence-electron chi connectivity index (χ4n) is 4.73. The lowest BCUT2D eigenvalue weighted by atomic mass is 9.91. The van der Waals surface area contributed by atoms with Gasteiger partial charge in [-0.2, -0.15) is 0 Å². The fraction of sp³-hybridized carbons (Fsp3) is 0.370. The normalized spacial score (nSPS) is 21.7. The SMILES string of the molecule is COc1cccc(C(COC[C@H]2O[C@@H](n3cnc4c(N)ncnc43)[C@H](O)[C@@H]2O)c2cc(OC)cc(OC)c2)c1. The van der Waals surface area contributed by atoms with Gasteiger partial charge in [0.1, 0.15) is 47.4 Å². The van der Waals surface area contributed by atoms with Crippen LogP contribution < -0.4 is 19.9 Å². The highest BCUT2D eigenvalue weighted by Gasteiger charge is 2.44. The molecule has 2 aromatic carbocycles. The summed E-state index contributed by atoms with van der Waals surface area (Å²) in [4.78, 5) is 12.4. The number of nitrogens with two attached hydrogens (primary N) is 1. The molecule has 2 aromatic heterocycles. The first-order valence-corrected chi connectivity index (χ1v) is 12.3. The summed E-state index contributed by atoms with van der Waals surface area (Å²) in [6, 6.07) is 13.4. The molecule has 12 nitrogen and oxygen atoms in total. The average Bonchev–Trinajstić information content (AvgIpc) is 3.52. The third kappa shape index (κ3) is 5.32. The van der Waals surface area contributed by atoms with Gasteiger partial charge in [-0.3, -0.25) is 4.57 Å². The summed E-state index contributed by atoms with van der Waals surface area (Å²) in [7, 11) is 4.81. The van der Waals surface area contributed by atoms with Gasteiger partial charge < -0.3 is 39.6 Å². The van der Waals surface area contributed by atoms with Crippen molar-refractivity contribution in [1.29, 1.82) is 0 Å². The van der Waals surface area contributed by atoms with Crippen LogP contribution in [0.1, 0.15) is 23.3 Å². The molecular weight excluding hydrogens is 506 g/mol. The Morgan fingerprint density at radius 2 is 1.64 bits per heavy atom. The molecule has 0 saturated carbocycles.